The largest absolute Gasteiger partial charge is 0.462 e. The zero-order chi connectivity index (χ0) is 41.5. The van der Waals surface area contributed by atoms with Gasteiger partial charge < -0.3 is 14.2 Å². The standard InChI is InChI=1S/C51H76O6/c1-4-7-10-13-16-19-22-25-28-31-34-37-40-43-49(52)55-46-48(57-51(54)45-42-39-36-33-30-27-24-21-18-15-12-9-6-3)47-56-50(53)44-41-38-35-32-29-26-23-20-17-14-11-8-5-2/h7,9-10,12-13,15-16,18-19,21-22,24-31,33-34,36,48H,4-6,8,11,14,17,20,23,32,35,37-47H2,1-3H3/b10-7-,12-9-,16-13-,18-15-,22-19-,24-21-,28-25-,29-26-,30-27-,34-31-,36-33-. The van der Waals surface area contributed by atoms with Gasteiger partial charge in [-0.1, -0.05) is 193 Å². The molecule has 0 N–H and O–H groups in total. The zero-order valence-corrected chi connectivity index (χ0v) is 35.8. The third-order valence-electron chi connectivity index (χ3n) is 8.38. The van der Waals surface area contributed by atoms with E-state index < -0.39 is 12.1 Å². The van der Waals surface area contributed by atoms with Crippen molar-refractivity contribution in [2.24, 2.45) is 0 Å². The summed E-state index contributed by atoms with van der Waals surface area (Å²) in [6.07, 6.45) is 61.6. The molecule has 0 radical (unpaired) electrons. The van der Waals surface area contributed by atoms with Gasteiger partial charge in [-0.15, -0.1) is 0 Å². The molecule has 0 saturated carbocycles. The Kier molecular flexibility index (Phi) is 40.8. The average Bonchev–Trinajstić information content (AvgIpc) is 3.21. The van der Waals surface area contributed by atoms with Crippen LogP contribution in [-0.4, -0.2) is 37.2 Å². The highest BCUT2D eigenvalue weighted by atomic mass is 16.6. The number of hydrogen-bond acceptors (Lipinski definition) is 6. The van der Waals surface area contributed by atoms with Gasteiger partial charge in [0.05, 0.1) is 0 Å². The topological polar surface area (TPSA) is 78.9 Å². The molecule has 0 bridgehead atoms. The van der Waals surface area contributed by atoms with Gasteiger partial charge in [-0.3, -0.25) is 14.4 Å². The fourth-order valence-electron chi connectivity index (χ4n) is 5.14. The lowest BCUT2D eigenvalue weighted by Crippen LogP contribution is -2.30. The van der Waals surface area contributed by atoms with Crippen molar-refractivity contribution in [2.75, 3.05) is 13.2 Å². The number of rotatable bonds is 36. The van der Waals surface area contributed by atoms with Gasteiger partial charge >= 0.3 is 17.9 Å². The summed E-state index contributed by atoms with van der Waals surface area (Å²) in [5.41, 5.74) is 0. The van der Waals surface area contributed by atoms with E-state index >= 15 is 0 Å². The molecule has 1 atom stereocenters. The van der Waals surface area contributed by atoms with Crippen LogP contribution >= 0.6 is 0 Å². The molecule has 1 unspecified atom stereocenters. The molecule has 6 heteroatoms. The van der Waals surface area contributed by atoms with Gasteiger partial charge in [0, 0.05) is 19.3 Å². The summed E-state index contributed by atoms with van der Waals surface area (Å²) >= 11 is 0. The highest BCUT2D eigenvalue weighted by molar-refractivity contribution is 5.71. The van der Waals surface area contributed by atoms with Crippen LogP contribution < -0.4 is 0 Å². The van der Waals surface area contributed by atoms with E-state index in [0.29, 0.717) is 25.7 Å². The van der Waals surface area contributed by atoms with E-state index in [1.807, 2.05) is 109 Å². The Morgan fingerprint density at radius 1 is 0.368 bits per heavy atom. The molecule has 0 saturated heterocycles. The normalized spacial score (nSPS) is 13.4. The molecule has 0 fully saturated rings. The minimum absolute atomic E-state index is 0.143. The monoisotopic (exact) mass is 785 g/mol. The Bertz CT molecular complexity index is 1320. The second-order valence-electron chi connectivity index (χ2n) is 13.7. The van der Waals surface area contributed by atoms with E-state index in [2.05, 4.69) is 45.1 Å². The number of allylic oxidation sites excluding steroid dienone is 22. The van der Waals surface area contributed by atoms with Gasteiger partial charge in [0.15, 0.2) is 6.10 Å². The van der Waals surface area contributed by atoms with Crippen LogP contribution in [0, 0.1) is 0 Å². The highest BCUT2D eigenvalue weighted by Crippen LogP contribution is 2.10. The van der Waals surface area contributed by atoms with E-state index in [9.17, 15) is 14.4 Å². The summed E-state index contributed by atoms with van der Waals surface area (Å²) in [5, 5.41) is 0. The third-order valence-corrected chi connectivity index (χ3v) is 8.38. The first-order valence-corrected chi connectivity index (χ1v) is 21.8. The van der Waals surface area contributed by atoms with Crippen molar-refractivity contribution in [3.8, 4) is 0 Å². The fraction of sp³-hybridized carbons (Fsp3) is 0.510. The van der Waals surface area contributed by atoms with Crippen molar-refractivity contribution in [2.45, 2.75) is 155 Å². The molecule has 0 heterocycles. The van der Waals surface area contributed by atoms with Gasteiger partial charge in [0.2, 0.25) is 0 Å². The first kappa shape index (κ1) is 52.6. The molecule has 0 rings (SSSR count). The van der Waals surface area contributed by atoms with E-state index in [-0.39, 0.29) is 38.0 Å². The average molecular weight is 785 g/mol. The number of hydrogen-bond donors (Lipinski definition) is 0. The maximum Gasteiger partial charge on any atom is 0.306 e. The van der Waals surface area contributed by atoms with Gasteiger partial charge in [-0.2, -0.15) is 0 Å². The number of unbranched alkanes of at least 4 members (excludes halogenated alkanes) is 11. The Labute approximate surface area is 347 Å². The van der Waals surface area contributed by atoms with Gasteiger partial charge in [0.25, 0.3) is 0 Å². The first-order chi connectivity index (χ1) is 28.0. The maximum absolute atomic E-state index is 12.7. The van der Waals surface area contributed by atoms with Crippen LogP contribution in [0.3, 0.4) is 0 Å². The number of carbonyl (C=O) groups is 3. The minimum Gasteiger partial charge on any atom is -0.462 e. The second kappa shape index (κ2) is 44.3. The molecule has 0 aliphatic heterocycles. The third kappa shape index (κ3) is 42.5. The quantitative estimate of drug-likeness (QED) is 0.0207. The van der Waals surface area contributed by atoms with Crippen LogP contribution in [0.5, 0.6) is 0 Å². The Morgan fingerprint density at radius 2 is 0.719 bits per heavy atom. The smallest absolute Gasteiger partial charge is 0.306 e. The molecule has 0 amide bonds. The molecule has 316 valence electrons. The number of ether oxygens (including phenoxy) is 3. The lowest BCUT2D eigenvalue weighted by Gasteiger charge is -2.18. The van der Waals surface area contributed by atoms with Crippen LogP contribution in [0.2, 0.25) is 0 Å². The van der Waals surface area contributed by atoms with Crippen molar-refractivity contribution in [1.29, 1.82) is 0 Å². The van der Waals surface area contributed by atoms with Gasteiger partial charge in [-0.05, 0) is 70.6 Å². The Hall–Kier alpha value is -4.45. The first-order valence-electron chi connectivity index (χ1n) is 21.8. The minimum atomic E-state index is -0.852. The molecule has 57 heavy (non-hydrogen) atoms. The predicted molar refractivity (Wildman–Crippen MR) is 242 cm³/mol. The van der Waals surface area contributed by atoms with E-state index in [1.54, 1.807) is 0 Å². The predicted octanol–water partition coefficient (Wildman–Crippen LogP) is 14.0. The lowest BCUT2D eigenvalue weighted by molar-refractivity contribution is -0.167. The fourth-order valence-corrected chi connectivity index (χ4v) is 5.14. The van der Waals surface area contributed by atoms with Crippen molar-refractivity contribution in [1.82, 2.24) is 0 Å². The highest BCUT2D eigenvalue weighted by Gasteiger charge is 2.19. The summed E-state index contributed by atoms with van der Waals surface area (Å²) < 4.78 is 16.5. The molecule has 0 aromatic carbocycles. The van der Waals surface area contributed by atoms with Crippen LogP contribution in [-0.2, 0) is 28.6 Å². The molecule has 6 nitrogen and oxygen atoms in total. The van der Waals surface area contributed by atoms with Crippen LogP contribution in [0.1, 0.15) is 149 Å². The van der Waals surface area contributed by atoms with Gasteiger partial charge in [-0.25, -0.2) is 0 Å². The molecule has 0 aromatic rings. The SMILES string of the molecule is CC\C=C/C=C\C=C/C=C\C=C/CCCC(=O)OCC(COC(=O)CCCCC/C=C\CCCCCCCC)OC(=O)CCC\C=C/C=C\C=C/C=C\C=C/CC. The maximum atomic E-state index is 12.7. The molecule has 0 spiro atoms. The van der Waals surface area contributed by atoms with Crippen molar-refractivity contribution in [3.05, 3.63) is 134 Å². The molecular weight excluding hydrogens is 709 g/mol. The van der Waals surface area contributed by atoms with Crippen molar-refractivity contribution in [3.63, 3.8) is 0 Å². The van der Waals surface area contributed by atoms with E-state index in [0.717, 1.165) is 51.4 Å². The van der Waals surface area contributed by atoms with Crippen LogP contribution in [0.25, 0.3) is 0 Å². The molecule has 0 aromatic heterocycles. The Morgan fingerprint density at radius 3 is 1.18 bits per heavy atom. The number of carbonyl (C=O) groups excluding carboxylic acids is 3. The summed E-state index contributed by atoms with van der Waals surface area (Å²) in [6.45, 7) is 6.15. The number of esters is 3. The molecule has 0 aliphatic carbocycles. The summed E-state index contributed by atoms with van der Waals surface area (Å²) in [6, 6.07) is 0. The lowest BCUT2D eigenvalue weighted by atomic mass is 10.1. The Balaban J connectivity index is 4.68. The van der Waals surface area contributed by atoms with Crippen LogP contribution in [0.15, 0.2) is 134 Å². The summed E-state index contributed by atoms with van der Waals surface area (Å²) in [7, 11) is 0. The van der Waals surface area contributed by atoms with E-state index in [4.69, 9.17) is 14.2 Å². The second-order valence-corrected chi connectivity index (χ2v) is 13.7. The summed E-state index contributed by atoms with van der Waals surface area (Å²) in [4.78, 5) is 37.6. The van der Waals surface area contributed by atoms with Crippen LogP contribution in [0.4, 0.5) is 0 Å². The molecular formula is C51H76O6. The van der Waals surface area contributed by atoms with Gasteiger partial charge in [0.1, 0.15) is 13.2 Å². The summed E-state index contributed by atoms with van der Waals surface area (Å²) in [5.74, 6) is -1.13. The zero-order valence-electron chi connectivity index (χ0n) is 35.8. The van der Waals surface area contributed by atoms with Crippen molar-refractivity contribution < 1.29 is 28.6 Å². The molecule has 0 aliphatic rings. The van der Waals surface area contributed by atoms with Crippen molar-refractivity contribution >= 4 is 17.9 Å². The van der Waals surface area contributed by atoms with E-state index in [1.165, 1.54) is 38.5 Å².